The van der Waals surface area contributed by atoms with Crippen LogP contribution in [0.3, 0.4) is 0 Å². The van der Waals surface area contributed by atoms with Gasteiger partial charge in [-0.25, -0.2) is 4.79 Å². The molecule has 1 atom stereocenters. The van der Waals surface area contributed by atoms with Crippen LogP contribution >= 0.6 is 0 Å². The summed E-state index contributed by atoms with van der Waals surface area (Å²) in [6.45, 7) is 16.3. The lowest BCUT2D eigenvalue weighted by atomic mass is 10.00. The summed E-state index contributed by atoms with van der Waals surface area (Å²) in [5, 5.41) is 7.59. The van der Waals surface area contributed by atoms with Crippen molar-refractivity contribution in [2.24, 2.45) is 0 Å². The van der Waals surface area contributed by atoms with Crippen LogP contribution in [0.15, 0.2) is 63.8 Å². The topological polar surface area (TPSA) is 72.7 Å². The molecule has 0 amide bonds. The molecule has 1 heterocycles. The number of fused-ring (bicyclic) bond motifs is 1. The fraction of sp³-hybridized carbons (Fsp3) is 0.485. The van der Waals surface area contributed by atoms with Crippen molar-refractivity contribution in [3.8, 4) is 0 Å². The van der Waals surface area contributed by atoms with Gasteiger partial charge < -0.3 is 24.5 Å². The summed E-state index contributed by atoms with van der Waals surface area (Å²) < 4.78 is 17.8. The summed E-state index contributed by atoms with van der Waals surface area (Å²) in [5.74, 6) is 0. The van der Waals surface area contributed by atoms with E-state index in [9.17, 15) is 4.79 Å². The number of benzene rings is 2. The first-order valence-electron chi connectivity index (χ1n) is 14.1. The van der Waals surface area contributed by atoms with Gasteiger partial charge in [0.15, 0.2) is 0 Å². The molecular formula is C33H46N2O4. The van der Waals surface area contributed by atoms with Gasteiger partial charge in [0.2, 0.25) is 0 Å². The molecule has 0 fully saturated rings. The van der Waals surface area contributed by atoms with Crippen molar-refractivity contribution < 1.29 is 13.9 Å². The monoisotopic (exact) mass is 534 g/mol. The molecule has 0 aliphatic carbocycles. The van der Waals surface area contributed by atoms with Crippen molar-refractivity contribution in [2.75, 3.05) is 11.9 Å². The van der Waals surface area contributed by atoms with Gasteiger partial charge >= 0.3 is 5.63 Å². The number of hydrogen-bond acceptors (Lipinski definition) is 6. The second-order valence-corrected chi connectivity index (χ2v) is 11.5. The first-order valence-corrected chi connectivity index (χ1v) is 14.1. The Morgan fingerprint density at radius 3 is 2.38 bits per heavy atom. The molecule has 1 aromatic heterocycles. The summed E-state index contributed by atoms with van der Waals surface area (Å²) in [6, 6.07) is 17.0. The van der Waals surface area contributed by atoms with Crippen LogP contribution in [0.1, 0.15) is 78.0 Å². The molecular weight excluding hydrogens is 488 g/mol. The second-order valence-electron chi connectivity index (χ2n) is 11.5. The van der Waals surface area contributed by atoms with E-state index in [4.69, 9.17) is 13.9 Å². The molecule has 6 nitrogen and oxygen atoms in total. The van der Waals surface area contributed by atoms with Crippen molar-refractivity contribution in [3.63, 3.8) is 0 Å². The maximum absolute atomic E-state index is 12.5. The highest BCUT2D eigenvalue weighted by atomic mass is 16.5. The van der Waals surface area contributed by atoms with Gasteiger partial charge in [0.25, 0.3) is 0 Å². The lowest BCUT2D eigenvalue weighted by Crippen LogP contribution is -2.26. The van der Waals surface area contributed by atoms with Crippen LogP contribution in [0.4, 0.5) is 5.69 Å². The molecule has 2 aromatic carbocycles. The largest absolute Gasteiger partial charge is 0.422 e. The predicted molar refractivity (Wildman–Crippen MR) is 162 cm³/mol. The molecule has 0 aliphatic heterocycles. The quantitative estimate of drug-likeness (QED) is 0.199. The van der Waals surface area contributed by atoms with Gasteiger partial charge in [0, 0.05) is 35.8 Å². The number of ether oxygens (including phenoxy) is 2. The van der Waals surface area contributed by atoms with E-state index in [1.54, 1.807) is 0 Å². The number of rotatable bonds is 15. The van der Waals surface area contributed by atoms with E-state index in [2.05, 4.69) is 88.6 Å². The molecule has 0 saturated carbocycles. The molecule has 0 aliphatic rings. The molecule has 3 aromatic rings. The number of nitrogens with one attached hydrogen (secondary N) is 2. The highest BCUT2D eigenvalue weighted by molar-refractivity contribution is 5.80. The molecule has 1 unspecified atom stereocenters. The molecule has 0 spiro atoms. The summed E-state index contributed by atoms with van der Waals surface area (Å²) in [5.41, 5.74) is 3.73. The van der Waals surface area contributed by atoms with Gasteiger partial charge in [0.05, 0.1) is 30.5 Å². The Labute approximate surface area is 233 Å². The zero-order valence-electron chi connectivity index (χ0n) is 24.7. The Morgan fingerprint density at radius 1 is 0.949 bits per heavy atom. The van der Waals surface area contributed by atoms with Crippen LogP contribution in [0.2, 0.25) is 0 Å². The van der Waals surface area contributed by atoms with Crippen LogP contribution in [-0.2, 0) is 22.7 Å². The van der Waals surface area contributed by atoms with E-state index in [0.29, 0.717) is 29.8 Å². The molecule has 212 valence electrons. The third kappa shape index (κ3) is 10.6. The molecule has 0 saturated heterocycles. The minimum Gasteiger partial charge on any atom is -0.422 e. The zero-order chi connectivity index (χ0) is 28.4. The second kappa shape index (κ2) is 14.5. The SMILES string of the molecule is CC(C)NC/C=C/c1ccc(COC(C)(C)CCC(C)OCc2cc3ccc(NC(C)C)cc3oc2=O)cc1. The third-order valence-electron chi connectivity index (χ3n) is 6.50. The van der Waals surface area contributed by atoms with Crippen molar-refractivity contribution in [2.45, 2.75) is 98.3 Å². The Kier molecular flexibility index (Phi) is 11.3. The Hall–Kier alpha value is -2.93. The summed E-state index contributed by atoms with van der Waals surface area (Å²) in [7, 11) is 0. The average molecular weight is 535 g/mol. The minimum atomic E-state index is -0.353. The van der Waals surface area contributed by atoms with Crippen LogP contribution in [-0.4, -0.2) is 30.3 Å². The van der Waals surface area contributed by atoms with E-state index in [1.165, 1.54) is 5.56 Å². The van der Waals surface area contributed by atoms with E-state index in [0.717, 1.165) is 36.0 Å². The molecule has 3 rings (SSSR count). The zero-order valence-corrected chi connectivity index (χ0v) is 24.7. The number of anilines is 1. The van der Waals surface area contributed by atoms with Crippen LogP contribution < -0.4 is 16.3 Å². The molecule has 0 bridgehead atoms. The van der Waals surface area contributed by atoms with Crippen molar-refractivity contribution in [1.29, 1.82) is 0 Å². The first kappa shape index (κ1) is 30.6. The molecule has 39 heavy (non-hydrogen) atoms. The van der Waals surface area contributed by atoms with Gasteiger partial charge in [-0.1, -0.05) is 50.3 Å². The maximum atomic E-state index is 12.5. The minimum absolute atomic E-state index is 0.0168. The average Bonchev–Trinajstić information content (AvgIpc) is 2.88. The number of hydrogen-bond donors (Lipinski definition) is 2. The smallest absolute Gasteiger partial charge is 0.341 e. The molecule has 0 radical (unpaired) electrons. The van der Waals surface area contributed by atoms with Crippen molar-refractivity contribution >= 4 is 22.7 Å². The maximum Gasteiger partial charge on any atom is 0.341 e. The lowest BCUT2D eigenvalue weighted by molar-refractivity contribution is -0.0484. The fourth-order valence-corrected chi connectivity index (χ4v) is 4.12. The van der Waals surface area contributed by atoms with Crippen LogP contribution in [0.25, 0.3) is 17.0 Å². The molecule has 2 N–H and O–H groups in total. The van der Waals surface area contributed by atoms with Crippen LogP contribution in [0, 0.1) is 0 Å². The van der Waals surface area contributed by atoms with E-state index >= 15 is 0 Å². The normalized spacial score (nSPS) is 13.2. The Bertz CT molecular complexity index is 1260. The summed E-state index contributed by atoms with van der Waals surface area (Å²) in [4.78, 5) is 12.5. The third-order valence-corrected chi connectivity index (χ3v) is 6.50. The molecule has 6 heteroatoms. The van der Waals surface area contributed by atoms with E-state index in [-0.39, 0.29) is 23.9 Å². The lowest BCUT2D eigenvalue weighted by Gasteiger charge is -2.27. The van der Waals surface area contributed by atoms with E-state index < -0.39 is 0 Å². The van der Waals surface area contributed by atoms with Gasteiger partial charge in [0.1, 0.15) is 5.58 Å². The van der Waals surface area contributed by atoms with Crippen LogP contribution in [0.5, 0.6) is 0 Å². The Morgan fingerprint density at radius 2 is 1.69 bits per heavy atom. The highest BCUT2D eigenvalue weighted by Gasteiger charge is 2.20. The summed E-state index contributed by atoms with van der Waals surface area (Å²) >= 11 is 0. The van der Waals surface area contributed by atoms with Gasteiger partial charge in [-0.15, -0.1) is 0 Å². The summed E-state index contributed by atoms with van der Waals surface area (Å²) in [6.07, 6.45) is 5.93. The fourth-order valence-electron chi connectivity index (χ4n) is 4.12. The Balaban J connectivity index is 1.44. The van der Waals surface area contributed by atoms with Gasteiger partial charge in [-0.3, -0.25) is 0 Å². The van der Waals surface area contributed by atoms with Gasteiger partial charge in [-0.2, -0.15) is 0 Å². The standard InChI is InChI=1S/C33H46N2O4/c1-23(2)34-18-8-9-26-10-12-27(13-11-26)21-38-33(6,7)17-16-25(5)37-22-29-19-28-14-15-30(35-24(3)4)20-31(28)39-32(29)36/h8-15,19-20,23-25,34-35H,16-18,21-22H2,1-7H3/b9-8+. The van der Waals surface area contributed by atoms with Gasteiger partial charge in [-0.05, 0) is 76.8 Å². The van der Waals surface area contributed by atoms with E-state index in [1.807, 2.05) is 31.2 Å². The van der Waals surface area contributed by atoms with Crippen molar-refractivity contribution in [1.82, 2.24) is 5.32 Å². The van der Waals surface area contributed by atoms with Crippen molar-refractivity contribution in [3.05, 3.63) is 81.7 Å². The first-order chi connectivity index (χ1) is 18.5. The highest BCUT2D eigenvalue weighted by Crippen LogP contribution is 2.23. The predicted octanol–water partition coefficient (Wildman–Crippen LogP) is 7.31.